The molecule has 8 heteroatoms. The quantitative estimate of drug-likeness (QED) is 0.836. The molecule has 1 aromatic carbocycles. The number of carbonyl (C=O) groups excluding carboxylic acids is 2. The van der Waals surface area contributed by atoms with Gasteiger partial charge in [-0.1, -0.05) is 12.1 Å². The number of rotatable bonds is 5. The van der Waals surface area contributed by atoms with E-state index >= 15 is 0 Å². The predicted molar refractivity (Wildman–Crippen MR) is 106 cm³/mol. The molecule has 8 nitrogen and oxygen atoms in total. The van der Waals surface area contributed by atoms with E-state index in [-0.39, 0.29) is 12.6 Å². The fraction of sp³-hybridized carbons (Fsp3) is 0.476. The topological polar surface area (TPSA) is 87.9 Å². The summed E-state index contributed by atoms with van der Waals surface area (Å²) < 4.78 is 10.1. The first kappa shape index (κ1) is 19.3. The second-order valence-electron chi connectivity index (χ2n) is 8.07. The maximum absolute atomic E-state index is 12.2. The van der Waals surface area contributed by atoms with Crippen molar-refractivity contribution in [1.29, 1.82) is 0 Å². The minimum absolute atomic E-state index is 0.0434. The molecule has 2 atom stereocenters. The van der Waals surface area contributed by atoms with Gasteiger partial charge in [-0.15, -0.1) is 0 Å². The van der Waals surface area contributed by atoms with E-state index in [1.165, 1.54) is 24.6 Å². The Bertz CT molecular complexity index is 838. The van der Waals surface area contributed by atoms with E-state index in [9.17, 15) is 9.59 Å². The van der Waals surface area contributed by atoms with Crippen LogP contribution in [-0.4, -0.2) is 54.1 Å². The average Bonchev–Trinajstić information content (AvgIpc) is 3.24. The predicted octanol–water partition coefficient (Wildman–Crippen LogP) is 3.22. The van der Waals surface area contributed by atoms with Crippen LogP contribution in [0.1, 0.15) is 17.7 Å². The van der Waals surface area contributed by atoms with Crippen LogP contribution in [0, 0.1) is 17.8 Å². The van der Waals surface area contributed by atoms with Crippen molar-refractivity contribution in [1.82, 2.24) is 14.8 Å². The van der Waals surface area contributed by atoms with E-state index < -0.39 is 6.09 Å². The molecule has 1 aromatic heterocycles. The van der Waals surface area contributed by atoms with E-state index in [1.54, 1.807) is 19.0 Å². The van der Waals surface area contributed by atoms with Crippen LogP contribution in [-0.2, 0) is 17.8 Å². The van der Waals surface area contributed by atoms with Gasteiger partial charge < -0.3 is 19.0 Å². The van der Waals surface area contributed by atoms with Crippen LogP contribution >= 0.6 is 0 Å². The summed E-state index contributed by atoms with van der Waals surface area (Å²) in [6.45, 7) is 1.76. The highest BCUT2D eigenvalue weighted by Crippen LogP contribution is 2.47. The number of nitrogens with one attached hydrogen (secondary N) is 1. The lowest BCUT2D eigenvalue weighted by atomic mass is 9.60. The van der Waals surface area contributed by atoms with Crippen LogP contribution in [0.3, 0.4) is 0 Å². The summed E-state index contributed by atoms with van der Waals surface area (Å²) in [5, 5.41) is 2.71. The van der Waals surface area contributed by atoms with Crippen LogP contribution in [0.4, 0.5) is 15.3 Å². The molecule has 154 valence electrons. The lowest BCUT2D eigenvalue weighted by Crippen LogP contribution is -2.58. The van der Waals surface area contributed by atoms with Crippen molar-refractivity contribution in [3.8, 4) is 0 Å². The van der Waals surface area contributed by atoms with Crippen molar-refractivity contribution in [3.05, 3.63) is 48.2 Å². The molecule has 1 N–H and O–H groups in total. The molecule has 29 heavy (non-hydrogen) atoms. The van der Waals surface area contributed by atoms with Crippen LogP contribution in [0.25, 0.3) is 0 Å². The van der Waals surface area contributed by atoms with Gasteiger partial charge in [0.05, 0.1) is 6.20 Å². The van der Waals surface area contributed by atoms with Crippen molar-refractivity contribution in [2.24, 2.45) is 17.8 Å². The molecule has 0 radical (unpaired) electrons. The lowest BCUT2D eigenvalue weighted by molar-refractivity contribution is -0.0283. The lowest BCUT2D eigenvalue weighted by Gasteiger charge is -2.54. The number of aromatic nitrogens is 1. The Morgan fingerprint density at radius 2 is 1.97 bits per heavy atom. The number of fused-ring (bicyclic) bond motifs is 2. The third-order valence-corrected chi connectivity index (χ3v) is 5.88. The number of hydrogen-bond acceptors (Lipinski definition) is 5. The highest BCUT2D eigenvalue weighted by atomic mass is 16.6. The molecule has 0 spiro atoms. The number of hydrogen-bond donors (Lipinski definition) is 1. The third kappa shape index (κ3) is 4.36. The molecule has 2 aromatic rings. The molecule has 1 aliphatic carbocycles. The molecule has 2 aliphatic heterocycles. The normalized spacial score (nSPS) is 22.6. The summed E-state index contributed by atoms with van der Waals surface area (Å²) in [4.78, 5) is 31.4. The largest absolute Gasteiger partial charge is 0.445 e. The minimum atomic E-state index is -0.534. The second-order valence-corrected chi connectivity index (χ2v) is 8.07. The molecule has 5 rings (SSSR count). The second kappa shape index (κ2) is 8.14. The maximum atomic E-state index is 12.2. The zero-order valence-electron chi connectivity index (χ0n) is 16.7. The number of oxazole rings is 1. The first-order valence-electron chi connectivity index (χ1n) is 9.86. The molecule has 2 bridgehead atoms. The number of benzene rings is 1. The van der Waals surface area contributed by atoms with E-state index in [4.69, 9.17) is 9.15 Å². The van der Waals surface area contributed by atoms with Gasteiger partial charge in [0, 0.05) is 32.9 Å². The molecule has 3 aliphatic rings. The number of amides is 3. The number of ether oxygens (including phenoxy) is 1. The highest BCUT2D eigenvalue weighted by Gasteiger charge is 2.47. The number of anilines is 1. The Balaban J connectivity index is 1.25. The van der Waals surface area contributed by atoms with Gasteiger partial charge in [0.1, 0.15) is 0 Å². The Morgan fingerprint density at radius 3 is 2.59 bits per heavy atom. The Labute approximate surface area is 169 Å². The zero-order chi connectivity index (χ0) is 20.4. The molecule has 1 saturated carbocycles. The van der Waals surface area contributed by atoms with E-state index in [2.05, 4.69) is 10.3 Å². The van der Waals surface area contributed by atoms with Gasteiger partial charge in [-0.05, 0) is 48.3 Å². The van der Waals surface area contributed by atoms with Gasteiger partial charge in [0.25, 0.3) is 0 Å². The molecule has 3 heterocycles. The summed E-state index contributed by atoms with van der Waals surface area (Å²) >= 11 is 0. The highest BCUT2D eigenvalue weighted by molar-refractivity contribution is 5.84. The SMILES string of the molecule is CN(C)C(=O)N1CC2CC(C1)C2Cc1ccc(NC(=O)OCc2cnco2)cc1. The molecular weight excluding hydrogens is 372 g/mol. The molecule has 3 fully saturated rings. The Hall–Kier alpha value is -3.03. The minimum Gasteiger partial charge on any atom is -0.445 e. The van der Waals surface area contributed by atoms with E-state index in [0.29, 0.717) is 29.2 Å². The smallest absolute Gasteiger partial charge is 0.412 e. The standard InChI is InChI=1S/C21H26N4O4/c1-24(2)21(27)25-10-15-8-16(11-25)19(15)7-14-3-5-17(6-4-14)23-20(26)28-12-18-9-22-13-29-18/h3-6,9,13,15-16,19H,7-8,10-12H2,1-2H3,(H,23,26). The van der Waals surface area contributed by atoms with Crippen molar-refractivity contribution in [2.45, 2.75) is 19.4 Å². The molecule has 2 unspecified atom stereocenters. The summed E-state index contributed by atoms with van der Waals surface area (Å²) in [6.07, 6.45) is 4.50. The van der Waals surface area contributed by atoms with Crippen molar-refractivity contribution in [3.63, 3.8) is 0 Å². The Kier molecular flexibility index (Phi) is 5.42. The third-order valence-electron chi connectivity index (χ3n) is 5.88. The van der Waals surface area contributed by atoms with Crippen molar-refractivity contribution in [2.75, 3.05) is 32.5 Å². The fourth-order valence-corrected chi connectivity index (χ4v) is 4.36. The summed E-state index contributed by atoms with van der Waals surface area (Å²) in [7, 11) is 3.61. The maximum Gasteiger partial charge on any atom is 0.412 e. The van der Waals surface area contributed by atoms with Gasteiger partial charge >= 0.3 is 12.1 Å². The van der Waals surface area contributed by atoms with Crippen LogP contribution in [0.5, 0.6) is 0 Å². The van der Waals surface area contributed by atoms with Gasteiger partial charge in [0.2, 0.25) is 0 Å². The molecular formula is C21H26N4O4. The number of piperidine rings is 2. The van der Waals surface area contributed by atoms with Crippen LogP contribution in [0.2, 0.25) is 0 Å². The number of carbonyl (C=O) groups is 2. The molecule has 2 saturated heterocycles. The van der Waals surface area contributed by atoms with E-state index in [1.807, 2.05) is 29.2 Å². The average molecular weight is 398 g/mol. The fourth-order valence-electron chi connectivity index (χ4n) is 4.36. The monoisotopic (exact) mass is 398 g/mol. The first-order chi connectivity index (χ1) is 14.0. The van der Waals surface area contributed by atoms with E-state index in [0.717, 1.165) is 19.5 Å². The summed E-state index contributed by atoms with van der Waals surface area (Å²) in [6, 6.07) is 7.98. The number of urea groups is 1. The zero-order valence-corrected chi connectivity index (χ0v) is 16.7. The van der Waals surface area contributed by atoms with Crippen molar-refractivity contribution < 1.29 is 18.7 Å². The summed E-state index contributed by atoms with van der Waals surface area (Å²) in [5.74, 6) is 2.29. The number of nitrogens with zero attached hydrogens (tertiary/aromatic N) is 3. The van der Waals surface area contributed by atoms with Gasteiger partial charge in [-0.3, -0.25) is 5.32 Å². The Morgan fingerprint density at radius 1 is 1.24 bits per heavy atom. The van der Waals surface area contributed by atoms with Gasteiger partial charge in [0.15, 0.2) is 18.8 Å². The first-order valence-corrected chi connectivity index (χ1v) is 9.86. The summed E-state index contributed by atoms with van der Waals surface area (Å²) in [5.41, 5.74) is 1.94. The molecule has 3 amide bonds. The van der Waals surface area contributed by atoms with Crippen LogP contribution in [0.15, 0.2) is 41.3 Å². The van der Waals surface area contributed by atoms with Gasteiger partial charge in [-0.2, -0.15) is 0 Å². The van der Waals surface area contributed by atoms with Crippen LogP contribution < -0.4 is 5.32 Å². The van der Waals surface area contributed by atoms with Gasteiger partial charge in [-0.25, -0.2) is 14.6 Å². The van der Waals surface area contributed by atoms with Crippen molar-refractivity contribution >= 4 is 17.8 Å².